The van der Waals surface area contributed by atoms with Crippen molar-refractivity contribution in [3.05, 3.63) is 54.9 Å². The van der Waals surface area contributed by atoms with Gasteiger partial charge in [0.1, 0.15) is 11.2 Å². The molecule has 0 spiro atoms. The molecule has 2 aromatic rings. The Balaban J connectivity index is 2.68. The van der Waals surface area contributed by atoms with Crippen LogP contribution in [0.25, 0.3) is 12.2 Å². The first kappa shape index (κ1) is 24.4. The van der Waals surface area contributed by atoms with Gasteiger partial charge >= 0.3 is 12.1 Å². The van der Waals surface area contributed by atoms with Gasteiger partial charge in [0.25, 0.3) is 5.56 Å². The lowest BCUT2D eigenvalue weighted by molar-refractivity contribution is -0.138. The highest BCUT2D eigenvalue weighted by molar-refractivity contribution is 7.07. The molecular formula is C21H23F3N2O4S. The van der Waals surface area contributed by atoms with Crippen molar-refractivity contribution in [2.75, 3.05) is 19.7 Å². The van der Waals surface area contributed by atoms with E-state index in [4.69, 9.17) is 4.74 Å². The van der Waals surface area contributed by atoms with Crippen LogP contribution < -0.4 is 14.8 Å². The van der Waals surface area contributed by atoms with Gasteiger partial charge in [-0.2, -0.15) is 13.2 Å². The van der Waals surface area contributed by atoms with E-state index in [0.29, 0.717) is 13.1 Å². The van der Waals surface area contributed by atoms with E-state index in [9.17, 15) is 27.6 Å². The van der Waals surface area contributed by atoms with Gasteiger partial charge in [0.2, 0.25) is 5.91 Å². The molecule has 0 bridgehead atoms. The number of esters is 1. The molecule has 1 heterocycles. The Bertz CT molecular complexity index is 1110. The maximum absolute atomic E-state index is 13.3. The van der Waals surface area contributed by atoms with Crippen LogP contribution in [0, 0.1) is 0 Å². The summed E-state index contributed by atoms with van der Waals surface area (Å²) in [5.74, 6) is -1.05. The van der Waals surface area contributed by atoms with Crippen LogP contribution in [0.4, 0.5) is 13.2 Å². The fraction of sp³-hybridized carbons (Fsp3) is 0.381. The van der Waals surface area contributed by atoms with Gasteiger partial charge in [0, 0.05) is 13.1 Å². The summed E-state index contributed by atoms with van der Waals surface area (Å²) >= 11 is 0.824. The zero-order valence-corrected chi connectivity index (χ0v) is 18.2. The minimum atomic E-state index is -4.60. The highest BCUT2D eigenvalue weighted by atomic mass is 32.1. The van der Waals surface area contributed by atoms with Gasteiger partial charge in [-0.05, 0) is 38.5 Å². The van der Waals surface area contributed by atoms with E-state index >= 15 is 0 Å². The molecular weight excluding hydrogens is 433 g/mol. The van der Waals surface area contributed by atoms with Crippen molar-refractivity contribution in [1.29, 1.82) is 0 Å². The van der Waals surface area contributed by atoms with Gasteiger partial charge in [-0.3, -0.25) is 14.2 Å². The lowest BCUT2D eigenvalue weighted by Gasteiger charge is -2.18. The smallest absolute Gasteiger partial charge is 0.416 e. The number of hydrogen-bond acceptors (Lipinski definition) is 5. The molecule has 2 rings (SSSR count). The van der Waals surface area contributed by atoms with E-state index in [-0.39, 0.29) is 33.8 Å². The Morgan fingerprint density at radius 1 is 1.16 bits per heavy atom. The molecule has 168 valence electrons. The SMILES string of the molecule is CCOC(=O)C=c1sc(=Cc2ccccc2C(F)(F)F)c(=O)n1CC(=O)N(CC)CC. The first-order valence-electron chi connectivity index (χ1n) is 9.66. The lowest BCUT2D eigenvalue weighted by atomic mass is 10.1. The Hall–Kier alpha value is -2.88. The molecule has 0 aliphatic heterocycles. The first-order chi connectivity index (χ1) is 14.6. The molecule has 31 heavy (non-hydrogen) atoms. The summed E-state index contributed by atoms with van der Waals surface area (Å²) in [6, 6.07) is 4.87. The maximum Gasteiger partial charge on any atom is 0.416 e. The lowest BCUT2D eigenvalue weighted by Crippen LogP contribution is -2.40. The molecule has 0 atom stereocenters. The van der Waals surface area contributed by atoms with E-state index in [1.165, 1.54) is 23.1 Å². The second kappa shape index (κ2) is 10.4. The fourth-order valence-electron chi connectivity index (χ4n) is 2.91. The van der Waals surface area contributed by atoms with Crippen LogP contribution >= 0.6 is 11.3 Å². The number of carbonyl (C=O) groups excluding carboxylic acids is 2. The molecule has 0 saturated heterocycles. The number of aromatic nitrogens is 1. The van der Waals surface area contributed by atoms with Crippen LogP contribution in [0.5, 0.6) is 0 Å². The Labute approximate surface area is 180 Å². The minimum Gasteiger partial charge on any atom is -0.463 e. The number of rotatable bonds is 7. The fourth-order valence-corrected chi connectivity index (χ4v) is 3.93. The summed E-state index contributed by atoms with van der Waals surface area (Å²) in [4.78, 5) is 38.9. The van der Waals surface area contributed by atoms with Crippen molar-refractivity contribution >= 4 is 35.4 Å². The Morgan fingerprint density at radius 2 is 1.81 bits per heavy atom. The largest absolute Gasteiger partial charge is 0.463 e. The summed E-state index contributed by atoms with van der Waals surface area (Å²) in [6.07, 6.45) is -2.41. The van der Waals surface area contributed by atoms with E-state index in [1.807, 2.05) is 0 Å². The van der Waals surface area contributed by atoms with E-state index in [1.54, 1.807) is 20.8 Å². The predicted octanol–water partition coefficient (Wildman–Crippen LogP) is 1.97. The third-order valence-corrected chi connectivity index (χ3v) is 5.49. The standard InChI is InChI=1S/C21H23F3N2O4S/c1-4-25(5-2)17(27)13-26-18(12-19(28)30-6-3)31-16(20(26)29)11-14-9-7-8-10-15(14)21(22,23)24/h7-12H,4-6,13H2,1-3H3. The van der Waals surface area contributed by atoms with Crippen LogP contribution in [0.1, 0.15) is 31.9 Å². The molecule has 1 aromatic carbocycles. The number of amides is 1. The summed E-state index contributed by atoms with van der Waals surface area (Å²) in [6.45, 7) is 5.84. The summed E-state index contributed by atoms with van der Waals surface area (Å²) in [7, 11) is 0. The number of ether oxygens (including phenoxy) is 1. The molecule has 0 saturated carbocycles. The van der Waals surface area contributed by atoms with E-state index in [0.717, 1.165) is 34.1 Å². The molecule has 0 aliphatic carbocycles. The molecule has 0 fully saturated rings. The third-order valence-electron chi connectivity index (χ3n) is 4.43. The van der Waals surface area contributed by atoms with Crippen molar-refractivity contribution in [2.45, 2.75) is 33.5 Å². The third kappa shape index (κ3) is 6.06. The van der Waals surface area contributed by atoms with Crippen LogP contribution in [-0.4, -0.2) is 41.0 Å². The van der Waals surface area contributed by atoms with Gasteiger partial charge in [-0.25, -0.2) is 4.79 Å². The van der Waals surface area contributed by atoms with Crippen molar-refractivity contribution < 1.29 is 27.5 Å². The summed E-state index contributed by atoms with van der Waals surface area (Å²) in [5, 5.41) is 0. The van der Waals surface area contributed by atoms with Crippen LogP contribution in [0.2, 0.25) is 0 Å². The molecule has 1 aromatic heterocycles. The molecule has 0 N–H and O–H groups in total. The number of likely N-dealkylation sites (N-methyl/N-ethyl adjacent to an activating group) is 1. The van der Waals surface area contributed by atoms with E-state index < -0.39 is 23.3 Å². The van der Waals surface area contributed by atoms with Gasteiger partial charge < -0.3 is 9.64 Å². The van der Waals surface area contributed by atoms with Crippen LogP contribution in [-0.2, 0) is 27.0 Å². The number of nitrogens with zero attached hydrogens (tertiary/aromatic N) is 2. The number of alkyl halides is 3. The Morgan fingerprint density at radius 3 is 2.39 bits per heavy atom. The second-order valence-corrected chi connectivity index (χ2v) is 7.45. The molecule has 0 unspecified atom stereocenters. The van der Waals surface area contributed by atoms with Gasteiger partial charge in [0.15, 0.2) is 0 Å². The van der Waals surface area contributed by atoms with Gasteiger partial charge in [0.05, 0.1) is 22.8 Å². The molecule has 0 radical (unpaired) electrons. The average molecular weight is 456 g/mol. The van der Waals surface area contributed by atoms with Crippen molar-refractivity contribution in [2.24, 2.45) is 0 Å². The van der Waals surface area contributed by atoms with Crippen LogP contribution in [0.3, 0.4) is 0 Å². The normalized spacial score (nSPS) is 12.8. The zero-order chi connectivity index (χ0) is 23.2. The van der Waals surface area contributed by atoms with E-state index in [2.05, 4.69) is 0 Å². The van der Waals surface area contributed by atoms with Crippen molar-refractivity contribution in [3.8, 4) is 0 Å². The van der Waals surface area contributed by atoms with Crippen molar-refractivity contribution in [3.63, 3.8) is 0 Å². The molecule has 10 heteroatoms. The first-order valence-corrected chi connectivity index (χ1v) is 10.5. The topological polar surface area (TPSA) is 68.6 Å². The number of carbonyl (C=O) groups is 2. The Kier molecular flexibility index (Phi) is 8.21. The molecule has 1 amide bonds. The van der Waals surface area contributed by atoms with Crippen molar-refractivity contribution in [1.82, 2.24) is 9.47 Å². The zero-order valence-electron chi connectivity index (χ0n) is 17.4. The van der Waals surface area contributed by atoms with Crippen LogP contribution in [0.15, 0.2) is 29.1 Å². The van der Waals surface area contributed by atoms with Gasteiger partial charge in [-0.1, -0.05) is 18.2 Å². The number of thiazole rings is 1. The highest BCUT2D eigenvalue weighted by Gasteiger charge is 2.32. The number of hydrogen-bond donors (Lipinski definition) is 0. The second-order valence-electron chi connectivity index (χ2n) is 6.39. The number of benzene rings is 1. The summed E-state index contributed by atoms with van der Waals surface area (Å²) in [5.41, 5.74) is -1.72. The highest BCUT2D eigenvalue weighted by Crippen LogP contribution is 2.32. The summed E-state index contributed by atoms with van der Waals surface area (Å²) < 4.78 is 46.0. The minimum absolute atomic E-state index is 0.0282. The maximum atomic E-state index is 13.3. The monoisotopic (exact) mass is 456 g/mol. The average Bonchev–Trinajstić information content (AvgIpc) is 2.97. The predicted molar refractivity (Wildman–Crippen MR) is 112 cm³/mol. The quantitative estimate of drug-likeness (QED) is 0.598. The van der Waals surface area contributed by atoms with Gasteiger partial charge in [-0.15, -0.1) is 11.3 Å². The molecule has 6 nitrogen and oxygen atoms in total. The molecule has 0 aliphatic rings. The number of halogens is 3.